The van der Waals surface area contributed by atoms with Crippen LogP contribution in [0.5, 0.6) is 11.5 Å². The van der Waals surface area contributed by atoms with Crippen molar-refractivity contribution in [3.05, 3.63) is 82.1 Å². The molecule has 4 rings (SSSR count). The Bertz CT molecular complexity index is 1240. The summed E-state index contributed by atoms with van der Waals surface area (Å²) < 4.78 is 26.8. The Morgan fingerprint density at radius 2 is 2.00 bits per heavy atom. The minimum absolute atomic E-state index is 0.0200. The largest absolute Gasteiger partial charge is 0.494 e. The summed E-state index contributed by atoms with van der Waals surface area (Å²) in [6, 6.07) is 17.3. The second kappa shape index (κ2) is 8.40. The molecule has 1 aliphatic heterocycles. The van der Waals surface area contributed by atoms with E-state index in [1.807, 2.05) is 36.4 Å². The fourth-order valence-corrected chi connectivity index (χ4v) is 4.32. The molecule has 0 bridgehead atoms. The lowest BCUT2D eigenvalue weighted by Gasteiger charge is -2.29. The van der Waals surface area contributed by atoms with Crippen LogP contribution in [0, 0.1) is 17.1 Å². The van der Waals surface area contributed by atoms with Crippen molar-refractivity contribution in [2.45, 2.75) is 12.0 Å². The molecule has 0 saturated carbocycles. The molecule has 32 heavy (non-hydrogen) atoms. The molecule has 0 fully saturated rings. The van der Waals surface area contributed by atoms with E-state index in [-0.39, 0.29) is 34.9 Å². The number of ether oxygens (including phenoxy) is 2. The van der Waals surface area contributed by atoms with Crippen LogP contribution in [0.3, 0.4) is 0 Å². The first-order valence-corrected chi connectivity index (χ1v) is 10.1. The number of rotatable bonds is 5. The van der Waals surface area contributed by atoms with Gasteiger partial charge in [0, 0.05) is 28.1 Å². The lowest BCUT2D eigenvalue weighted by molar-refractivity contribution is 0.0898. The van der Waals surface area contributed by atoms with E-state index in [9.17, 15) is 15.2 Å². The van der Waals surface area contributed by atoms with E-state index in [0.29, 0.717) is 16.9 Å². The lowest BCUT2D eigenvalue weighted by atomic mass is 9.85. The highest BCUT2D eigenvalue weighted by Gasteiger charge is 2.43. The van der Waals surface area contributed by atoms with E-state index in [1.54, 1.807) is 12.1 Å². The summed E-state index contributed by atoms with van der Waals surface area (Å²) in [5, 5.41) is 21.5. The molecule has 8 heteroatoms. The number of methoxy groups -OCH3 is 1. The van der Waals surface area contributed by atoms with Crippen molar-refractivity contribution in [2.75, 3.05) is 13.7 Å². The summed E-state index contributed by atoms with van der Waals surface area (Å²) in [5.41, 5.74) is 0.705. The molecule has 0 aliphatic carbocycles. The number of nitrogens with one attached hydrogen (secondary N) is 1. The fraction of sp³-hybridized carbons (Fsp3) is 0.167. The third kappa shape index (κ3) is 3.59. The molecule has 1 heterocycles. The Morgan fingerprint density at radius 3 is 2.66 bits per heavy atom. The Balaban J connectivity index is 1.92. The Kier molecular flexibility index (Phi) is 5.64. The number of hydrogen-bond acceptors (Lipinski definition) is 4. The second-order valence-electron chi connectivity index (χ2n) is 7.31. The maximum atomic E-state index is 15.4. The summed E-state index contributed by atoms with van der Waals surface area (Å²) in [7, 11) is 1.34. The van der Waals surface area contributed by atoms with Gasteiger partial charge in [0.05, 0.1) is 25.3 Å². The van der Waals surface area contributed by atoms with Crippen LogP contribution < -0.4 is 14.8 Å². The van der Waals surface area contributed by atoms with E-state index in [2.05, 4.69) is 5.32 Å². The molecule has 1 atom stereocenters. The van der Waals surface area contributed by atoms with Gasteiger partial charge in [0.25, 0.3) is 0 Å². The van der Waals surface area contributed by atoms with E-state index >= 15 is 4.39 Å². The predicted octanol–water partition coefficient (Wildman–Crippen LogP) is 5.12. The first-order chi connectivity index (χ1) is 15.4. The van der Waals surface area contributed by atoms with Gasteiger partial charge in [0.15, 0.2) is 17.2 Å². The van der Waals surface area contributed by atoms with Gasteiger partial charge in [-0.1, -0.05) is 41.9 Å². The van der Waals surface area contributed by atoms with Crippen molar-refractivity contribution < 1.29 is 23.8 Å². The molecule has 0 spiro atoms. The summed E-state index contributed by atoms with van der Waals surface area (Å²) in [6.45, 7) is -0.0379. The van der Waals surface area contributed by atoms with Gasteiger partial charge >= 0.3 is 6.09 Å². The number of hydrogen-bond donors (Lipinski definition) is 2. The molecule has 1 aliphatic rings. The third-order valence-corrected chi connectivity index (χ3v) is 5.82. The average molecular weight is 453 g/mol. The van der Waals surface area contributed by atoms with Crippen molar-refractivity contribution in [2.24, 2.45) is 0 Å². The average Bonchev–Trinajstić information content (AvgIpc) is 3.19. The Labute approximate surface area is 188 Å². The molecule has 162 valence electrons. The molecule has 0 unspecified atom stereocenters. The van der Waals surface area contributed by atoms with Crippen LogP contribution in [-0.2, 0) is 12.0 Å². The molecule has 0 radical (unpaired) electrons. The standard InChI is InChI=1S/C24H18ClFN2O4/c1-31-19-9-7-14(12-27)20(22(19)26)21-16-11-24(13-28-23(29)30,15-5-3-2-4-6-15)32-18(16)10-8-17(21)25/h2-10,28H,11,13H2,1H3,(H,29,30)/t24-/m1/s1. The highest BCUT2D eigenvalue weighted by Crippen LogP contribution is 2.49. The van der Waals surface area contributed by atoms with Crippen LogP contribution in [0.25, 0.3) is 11.1 Å². The lowest BCUT2D eigenvalue weighted by Crippen LogP contribution is -2.43. The molecule has 6 nitrogen and oxygen atoms in total. The van der Waals surface area contributed by atoms with Gasteiger partial charge in [-0.25, -0.2) is 9.18 Å². The number of carboxylic acid groups (broad SMARTS) is 1. The number of nitriles is 1. The normalized spacial score (nSPS) is 16.6. The van der Waals surface area contributed by atoms with Crippen molar-refractivity contribution >= 4 is 17.7 Å². The number of nitrogens with zero attached hydrogens (tertiary/aromatic N) is 1. The highest BCUT2D eigenvalue weighted by atomic mass is 35.5. The van der Waals surface area contributed by atoms with Crippen LogP contribution in [0.2, 0.25) is 5.02 Å². The number of carbonyl (C=O) groups is 1. The number of fused-ring (bicyclic) bond motifs is 1. The molecular weight excluding hydrogens is 435 g/mol. The maximum absolute atomic E-state index is 15.4. The van der Waals surface area contributed by atoms with Gasteiger partial charge in [-0.05, 0) is 29.8 Å². The van der Waals surface area contributed by atoms with Crippen LogP contribution in [-0.4, -0.2) is 24.9 Å². The van der Waals surface area contributed by atoms with Crippen molar-refractivity contribution in [3.8, 4) is 28.7 Å². The molecule has 1 amide bonds. The van der Waals surface area contributed by atoms with Crippen LogP contribution in [0.1, 0.15) is 16.7 Å². The fourth-order valence-electron chi connectivity index (χ4n) is 4.05. The van der Waals surface area contributed by atoms with Crippen LogP contribution >= 0.6 is 11.6 Å². The Hall–Kier alpha value is -3.76. The topological polar surface area (TPSA) is 91.6 Å². The Morgan fingerprint density at radius 1 is 1.25 bits per heavy atom. The highest BCUT2D eigenvalue weighted by molar-refractivity contribution is 6.33. The summed E-state index contributed by atoms with van der Waals surface area (Å²) in [6.07, 6.45) is -0.979. The summed E-state index contributed by atoms with van der Waals surface area (Å²) in [4.78, 5) is 11.3. The van der Waals surface area contributed by atoms with E-state index < -0.39 is 17.5 Å². The number of amides is 1. The van der Waals surface area contributed by atoms with Crippen LogP contribution in [0.15, 0.2) is 54.6 Å². The van der Waals surface area contributed by atoms with Gasteiger partial charge in [-0.15, -0.1) is 0 Å². The molecule has 3 aromatic rings. The zero-order valence-corrected chi connectivity index (χ0v) is 17.7. The molecule has 0 aromatic heterocycles. The first-order valence-electron chi connectivity index (χ1n) is 9.70. The zero-order valence-electron chi connectivity index (χ0n) is 17.0. The number of halogens is 2. The molecule has 0 saturated heterocycles. The molecular formula is C24H18ClFN2O4. The van der Waals surface area contributed by atoms with Gasteiger partial charge in [-0.3, -0.25) is 0 Å². The predicted molar refractivity (Wildman–Crippen MR) is 117 cm³/mol. The van der Waals surface area contributed by atoms with Crippen molar-refractivity contribution in [1.29, 1.82) is 5.26 Å². The van der Waals surface area contributed by atoms with Gasteiger partial charge in [-0.2, -0.15) is 5.26 Å². The third-order valence-electron chi connectivity index (χ3n) is 5.51. The minimum atomic E-state index is -1.19. The summed E-state index contributed by atoms with van der Waals surface area (Å²) in [5.74, 6) is -0.289. The van der Waals surface area contributed by atoms with Gasteiger partial charge in [0.1, 0.15) is 5.75 Å². The second-order valence-corrected chi connectivity index (χ2v) is 7.72. The number of benzene rings is 3. The first kappa shape index (κ1) is 21.5. The molecule has 3 aromatic carbocycles. The van der Waals surface area contributed by atoms with Crippen LogP contribution in [0.4, 0.5) is 9.18 Å². The van der Waals surface area contributed by atoms with Gasteiger partial charge in [0.2, 0.25) is 0 Å². The SMILES string of the molecule is COc1ccc(C#N)c(-c2c(Cl)ccc3c2C[C@@](CNC(=O)O)(c2ccccc2)O3)c1F. The smallest absolute Gasteiger partial charge is 0.404 e. The zero-order chi connectivity index (χ0) is 22.9. The summed E-state index contributed by atoms with van der Waals surface area (Å²) >= 11 is 6.52. The monoisotopic (exact) mass is 452 g/mol. The molecule has 2 N–H and O–H groups in total. The van der Waals surface area contributed by atoms with Gasteiger partial charge < -0.3 is 19.9 Å². The van der Waals surface area contributed by atoms with Crippen molar-refractivity contribution in [3.63, 3.8) is 0 Å². The quantitative estimate of drug-likeness (QED) is 0.560. The van der Waals surface area contributed by atoms with E-state index in [1.165, 1.54) is 19.2 Å². The van der Waals surface area contributed by atoms with E-state index in [0.717, 1.165) is 5.56 Å². The van der Waals surface area contributed by atoms with Crippen molar-refractivity contribution in [1.82, 2.24) is 5.32 Å². The minimum Gasteiger partial charge on any atom is -0.494 e. The maximum Gasteiger partial charge on any atom is 0.404 e. The van der Waals surface area contributed by atoms with E-state index in [4.69, 9.17) is 21.1 Å².